The molecule has 0 radical (unpaired) electrons. The van der Waals surface area contributed by atoms with Gasteiger partial charge in [0.1, 0.15) is 0 Å². The number of aromatic hydroxyl groups is 1. The molecular formula is C14H21FN2O. The molecule has 1 aliphatic rings. The van der Waals surface area contributed by atoms with Crippen molar-refractivity contribution in [2.24, 2.45) is 5.73 Å². The first-order valence-electron chi connectivity index (χ1n) is 6.62. The lowest BCUT2D eigenvalue weighted by molar-refractivity contribution is 0.134. The second-order valence-electron chi connectivity index (χ2n) is 4.98. The molecule has 3 nitrogen and oxygen atoms in total. The number of hydrogen-bond donors (Lipinski definition) is 2. The van der Waals surface area contributed by atoms with Crippen LogP contribution < -0.4 is 5.73 Å². The van der Waals surface area contributed by atoms with Crippen molar-refractivity contribution in [3.8, 4) is 5.75 Å². The maximum Gasteiger partial charge on any atom is 0.165 e. The van der Waals surface area contributed by atoms with Gasteiger partial charge in [-0.05, 0) is 50.0 Å². The Morgan fingerprint density at radius 1 is 1.39 bits per heavy atom. The lowest BCUT2D eigenvalue weighted by Crippen LogP contribution is -2.40. The van der Waals surface area contributed by atoms with Crippen molar-refractivity contribution in [2.45, 2.75) is 38.3 Å². The van der Waals surface area contributed by atoms with Crippen LogP contribution in [0, 0.1) is 5.82 Å². The molecule has 1 fully saturated rings. The van der Waals surface area contributed by atoms with Gasteiger partial charge in [0.05, 0.1) is 0 Å². The summed E-state index contributed by atoms with van der Waals surface area (Å²) in [7, 11) is 0. The molecule has 3 N–H and O–H groups in total. The van der Waals surface area contributed by atoms with Crippen molar-refractivity contribution >= 4 is 0 Å². The standard InChI is InChI=1S/C14H21FN2O/c15-13-9-11(4-5-14(13)18)10-17-8-2-1-3-12(17)6-7-16/h4-5,9,12,18H,1-3,6-8,10,16H2. The normalized spacial score (nSPS) is 21.1. The molecule has 0 aliphatic carbocycles. The first kappa shape index (κ1) is 13.3. The van der Waals surface area contributed by atoms with Crippen LogP contribution in [0.4, 0.5) is 4.39 Å². The van der Waals surface area contributed by atoms with Crippen LogP contribution in [0.1, 0.15) is 31.2 Å². The number of nitrogens with zero attached hydrogens (tertiary/aromatic N) is 1. The van der Waals surface area contributed by atoms with E-state index < -0.39 is 5.82 Å². The van der Waals surface area contributed by atoms with E-state index in [-0.39, 0.29) is 5.75 Å². The summed E-state index contributed by atoms with van der Waals surface area (Å²) < 4.78 is 13.3. The highest BCUT2D eigenvalue weighted by Crippen LogP contribution is 2.23. The van der Waals surface area contributed by atoms with Crippen LogP contribution in [0.5, 0.6) is 5.75 Å². The predicted molar refractivity (Wildman–Crippen MR) is 69.8 cm³/mol. The van der Waals surface area contributed by atoms with Gasteiger partial charge < -0.3 is 10.8 Å². The Kier molecular flexibility index (Phi) is 4.55. The number of benzene rings is 1. The second-order valence-corrected chi connectivity index (χ2v) is 4.98. The fourth-order valence-electron chi connectivity index (χ4n) is 2.67. The Balaban J connectivity index is 2.03. The third-order valence-electron chi connectivity index (χ3n) is 3.65. The summed E-state index contributed by atoms with van der Waals surface area (Å²) in [4.78, 5) is 2.38. The largest absolute Gasteiger partial charge is 0.505 e. The highest BCUT2D eigenvalue weighted by Gasteiger charge is 2.21. The van der Waals surface area contributed by atoms with Gasteiger partial charge >= 0.3 is 0 Å². The summed E-state index contributed by atoms with van der Waals surface area (Å²) in [5, 5.41) is 9.18. The monoisotopic (exact) mass is 252 g/mol. The summed E-state index contributed by atoms with van der Waals surface area (Å²) in [5.74, 6) is -0.823. The average Bonchev–Trinajstić information content (AvgIpc) is 2.37. The average molecular weight is 252 g/mol. The van der Waals surface area contributed by atoms with Crippen LogP contribution >= 0.6 is 0 Å². The summed E-state index contributed by atoms with van der Waals surface area (Å²) in [6.45, 7) is 2.49. The van der Waals surface area contributed by atoms with E-state index in [4.69, 9.17) is 5.73 Å². The molecule has 0 bridgehead atoms. The summed E-state index contributed by atoms with van der Waals surface area (Å²) >= 11 is 0. The lowest BCUT2D eigenvalue weighted by Gasteiger charge is -2.35. The zero-order valence-corrected chi connectivity index (χ0v) is 10.6. The SMILES string of the molecule is NCCC1CCCCN1Cc1ccc(O)c(F)c1. The minimum absolute atomic E-state index is 0.282. The van der Waals surface area contributed by atoms with E-state index in [9.17, 15) is 9.50 Å². The van der Waals surface area contributed by atoms with Crippen LogP contribution in [0.2, 0.25) is 0 Å². The van der Waals surface area contributed by atoms with E-state index in [1.165, 1.54) is 31.4 Å². The van der Waals surface area contributed by atoms with E-state index >= 15 is 0 Å². The smallest absolute Gasteiger partial charge is 0.165 e. The molecule has 2 rings (SSSR count). The highest BCUT2D eigenvalue weighted by molar-refractivity contribution is 5.28. The number of phenolic OH excluding ortho intramolecular Hbond substituents is 1. The van der Waals surface area contributed by atoms with E-state index in [0.717, 1.165) is 25.1 Å². The fourth-order valence-corrected chi connectivity index (χ4v) is 2.67. The Morgan fingerprint density at radius 3 is 2.94 bits per heavy atom. The quantitative estimate of drug-likeness (QED) is 0.864. The molecule has 1 aliphatic heterocycles. The third kappa shape index (κ3) is 3.21. The molecule has 1 unspecified atom stereocenters. The summed E-state index contributed by atoms with van der Waals surface area (Å²) in [6, 6.07) is 5.14. The molecule has 1 heterocycles. The topological polar surface area (TPSA) is 49.5 Å². The minimum Gasteiger partial charge on any atom is -0.505 e. The van der Waals surface area contributed by atoms with Gasteiger partial charge in [-0.2, -0.15) is 0 Å². The molecule has 0 amide bonds. The van der Waals surface area contributed by atoms with Crippen molar-refractivity contribution in [1.82, 2.24) is 4.90 Å². The van der Waals surface area contributed by atoms with Crippen molar-refractivity contribution in [2.75, 3.05) is 13.1 Å². The van der Waals surface area contributed by atoms with Crippen LogP contribution in [0.25, 0.3) is 0 Å². The Labute approximate surface area is 107 Å². The van der Waals surface area contributed by atoms with Gasteiger partial charge in [0.15, 0.2) is 11.6 Å². The molecule has 0 spiro atoms. The van der Waals surface area contributed by atoms with Crippen molar-refractivity contribution in [1.29, 1.82) is 0 Å². The summed E-state index contributed by atoms with van der Waals surface area (Å²) in [6.07, 6.45) is 4.63. The van der Waals surface area contributed by atoms with Crippen LogP contribution in [-0.4, -0.2) is 29.1 Å². The van der Waals surface area contributed by atoms with Crippen molar-refractivity contribution < 1.29 is 9.50 Å². The first-order chi connectivity index (χ1) is 8.70. The maximum atomic E-state index is 13.3. The van der Waals surface area contributed by atoms with Gasteiger partial charge in [0, 0.05) is 12.6 Å². The van der Waals surface area contributed by atoms with Crippen molar-refractivity contribution in [3.05, 3.63) is 29.6 Å². The second kappa shape index (κ2) is 6.16. The Morgan fingerprint density at radius 2 is 2.22 bits per heavy atom. The fraction of sp³-hybridized carbons (Fsp3) is 0.571. The Bertz CT molecular complexity index is 395. The van der Waals surface area contributed by atoms with E-state index in [0.29, 0.717) is 12.6 Å². The zero-order valence-electron chi connectivity index (χ0n) is 10.6. The van der Waals surface area contributed by atoms with Crippen LogP contribution in [0.3, 0.4) is 0 Å². The number of halogens is 1. The molecule has 100 valence electrons. The molecule has 1 aromatic rings. The zero-order chi connectivity index (χ0) is 13.0. The Hall–Kier alpha value is -1.13. The molecular weight excluding hydrogens is 231 g/mol. The third-order valence-corrected chi connectivity index (χ3v) is 3.65. The molecule has 18 heavy (non-hydrogen) atoms. The first-order valence-corrected chi connectivity index (χ1v) is 6.62. The number of phenols is 1. The molecule has 1 saturated heterocycles. The van der Waals surface area contributed by atoms with E-state index in [1.54, 1.807) is 6.07 Å². The highest BCUT2D eigenvalue weighted by atomic mass is 19.1. The lowest BCUT2D eigenvalue weighted by atomic mass is 9.98. The maximum absolute atomic E-state index is 13.3. The molecule has 1 aromatic carbocycles. The van der Waals surface area contributed by atoms with Gasteiger partial charge in [0.25, 0.3) is 0 Å². The number of likely N-dealkylation sites (tertiary alicyclic amines) is 1. The molecule has 4 heteroatoms. The van der Waals surface area contributed by atoms with Crippen molar-refractivity contribution in [3.63, 3.8) is 0 Å². The molecule has 0 aromatic heterocycles. The van der Waals surface area contributed by atoms with Crippen LogP contribution in [0.15, 0.2) is 18.2 Å². The predicted octanol–water partition coefficient (Wildman–Crippen LogP) is 2.23. The summed E-state index contributed by atoms with van der Waals surface area (Å²) in [5.41, 5.74) is 6.55. The van der Waals surface area contributed by atoms with E-state index in [1.807, 2.05) is 0 Å². The number of piperidine rings is 1. The van der Waals surface area contributed by atoms with Gasteiger partial charge in [-0.25, -0.2) is 4.39 Å². The number of hydrogen-bond acceptors (Lipinski definition) is 3. The number of rotatable bonds is 4. The van der Waals surface area contributed by atoms with Crippen LogP contribution in [-0.2, 0) is 6.54 Å². The van der Waals surface area contributed by atoms with Gasteiger partial charge in [-0.3, -0.25) is 4.90 Å². The van der Waals surface area contributed by atoms with Gasteiger partial charge in [0.2, 0.25) is 0 Å². The molecule has 1 atom stereocenters. The minimum atomic E-state index is -0.542. The van der Waals surface area contributed by atoms with E-state index in [2.05, 4.69) is 4.90 Å². The number of nitrogens with two attached hydrogens (primary N) is 1. The molecule has 0 saturated carbocycles. The van der Waals surface area contributed by atoms with Gasteiger partial charge in [-0.15, -0.1) is 0 Å². The van der Waals surface area contributed by atoms with Gasteiger partial charge in [-0.1, -0.05) is 12.5 Å².